The van der Waals surface area contributed by atoms with Crippen molar-refractivity contribution in [3.8, 4) is 11.1 Å². The van der Waals surface area contributed by atoms with Crippen LogP contribution in [-0.4, -0.2) is 16.8 Å². The number of hydrogen-bond donors (Lipinski definition) is 1. The molecule has 254 valence electrons. The van der Waals surface area contributed by atoms with Crippen LogP contribution < -0.4 is 5.01 Å². The summed E-state index contributed by atoms with van der Waals surface area (Å²) >= 11 is 0. The Hall–Kier alpha value is -5.22. The molecule has 1 heterocycles. The molecular weight excluding hydrogens is 613 g/mol. The highest BCUT2D eigenvalue weighted by molar-refractivity contribution is 6.03. The molecule has 1 aliphatic heterocycles. The Kier molecular flexibility index (Phi) is 9.41. The van der Waals surface area contributed by atoms with E-state index >= 15 is 0 Å². The van der Waals surface area contributed by atoms with Crippen LogP contribution in [0.4, 0.5) is 5.69 Å². The minimum Gasteiger partial charge on any atom is -0.478 e. The lowest BCUT2D eigenvalue weighted by Crippen LogP contribution is -2.19. The van der Waals surface area contributed by atoms with Gasteiger partial charge in [-0.25, -0.2) is 4.79 Å². The van der Waals surface area contributed by atoms with E-state index in [2.05, 4.69) is 145 Å². The third kappa shape index (κ3) is 7.65. The number of benzene rings is 5. The molecule has 1 aliphatic rings. The van der Waals surface area contributed by atoms with E-state index in [1.807, 2.05) is 24.3 Å². The molecule has 0 saturated carbocycles. The molecule has 0 amide bonds. The second kappa shape index (κ2) is 13.6. The molecule has 0 spiro atoms. The van der Waals surface area contributed by atoms with Crippen molar-refractivity contribution < 1.29 is 9.90 Å². The third-order valence-corrected chi connectivity index (χ3v) is 9.69. The minimum absolute atomic E-state index is 0.0556. The molecule has 0 fully saturated rings. The molecule has 5 aromatic rings. The van der Waals surface area contributed by atoms with Gasteiger partial charge in [-0.15, -0.1) is 0 Å². The van der Waals surface area contributed by atoms with Crippen LogP contribution in [-0.2, 0) is 10.8 Å². The van der Waals surface area contributed by atoms with E-state index in [1.165, 1.54) is 38.9 Å². The largest absolute Gasteiger partial charge is 0.478 e. The maximum Gasteiger partial charge on any atom is 0.335 e. The first-order valence-corrected chi connectivity index (χ1v) is 17.5. The van der Waals surface area contributed by atoms with E-state index in [-0.39, 0.29) is 22.4 Å². The van der Waals surface area contributed by atoms with Gasteiger partial charge in [0, 0.05) is 6.42 Å². The summed E-state index contributed by atoms with van der Waals surface area (Å²) in [6.45, 7) is 18.0. The number of nitrogens with zero attached hydrogens (tertiary/aromatic N) is 2. The van der Waals surface area contributed by atoms with Crippen LogP contribution in [0.3, 0.4) is 0 Å². The van der Waals surface area contributed by atoms with Gasteiger partial charge in [0.1, 0.15) is 0 Å². The SMILES string of the molecule is Cc1ccc(C2CC(c3ccc(/C=C/c4ccc(C(=O)O)cc4)cc3)=NN2c2ccc(-c3cc(C(C)(C)C)cc(C(C)(C)C)c3)cc2)c(C)c1. The van der Waals surface area contributed by atoms with E-state index in [0.29, 0.717) is 0 Å². The number of hydrogen-bond acceptors (Lipinski definition) is 3. The summed E-state index contributed by atoms with van der Waals surface area (Å²) in [6, 6.07) is 38.2. The number of aromatic carboxylic acids is 1. The smallest absolute Gasteiger partial charge is 0.335 e. The molecule has 0 aromatic heterocycles. The fourth-order valence-corrected chi connectivity index (χ4v) is 6.55. The van der Waals surface area contributed by atoms with E-state index in [4.69, 9.17) is 5.10 Å². The Morgan fingerprint density at radius 1 is 0.680 bits per heavy atom. The van der Waals surface area contributed by atoms with Gasteiger partial charge in [-0.2, -0.15) is 5.10 Å². The predicted octanol–water partition coefficient (Wildman–Crippen LogP) is 11.8. The van der Waals surface area contributed by atoms with Gasteiger partial charge in [0.25, 0.3) is 0 Å². The minimum atomic E-state index is -0.919. The number of hydrazone groups is 1. The van der Waals surface area contributed by atoms with Crippen molar-refractivity contribution in [3.05, 3.63) is 159 Å². The van der Waals surface area contributed by atoms with Crippen LogP contribution >= 0.6 is 0 Å². The fraction of sp³-hybridized carbons (Fsp3) is 0.261. The maximum atomic E-state index is 11.2. The number of carboxylic acid groups (broad SMARTS) is 1. The number of rotatable bonds is 7. The first-order valence-electron chi connectivity index (χ1n) is 17.5. The monoisotopic (exact) mass is 660 g/mol. The van der Waals surface area contributed by atoms with E-state index in [9.17, 15) is 9.90 Å². The van der Waals surface area contributed by atoms with Crippen LogP contribution in [0, 0.1) is 13.8 Å². The zero-order valence-corrected chi connectivity index (χ0v) is 30.6. The average molecular weight is 661 g/mol. The Balaban J connectivity index is 1.31. The van der Waals surface area contributed by atoms with E-state index in [1.54, 1.807) is 12.1 Å². The fourth-order valence-electron chi connectivity index (χ4n) is 6.55. The zero-order chi connectivity index (χ0) is 35.8. The molecule has 0 saturated heterocycles. The molecule has 4 heteroatoms. The second-order valence-corrected chi connectivity index (χ2v) is 15.7. The van der Waals surface area contributed by atoms with Gasteiger partial charge in [-0.3, -0.25) is 5.01 Å². The van der Waals surface area contributed by atoms with Crippen molar-refractivity contribution in [3.63, 3.8) is 0 Å². The molecule has 0 radical (unpaired) electrons. The molecule has 50 heavy (non-hydrogen) atoms. The highest BCUT2D eigenvalue weighted by Crippen LogP contribution is 2.40. The first-order chi connectivity index (χ1) is 23.7. The highest BCUT2D eigenvalue weighted by atomic mass is 16.4. The lowest BCUT2D eigenvalue weighted by atomic mass is 9.79. The summed E-state index contributed by atoms with van der Waals surface area (Å²) in [7, 11) is 0. The van der Waals surface area contributed by atoms with Crippen molar-refractivity contribution in [1.82, 2.24) is 0 Å². The Bertz CT molecular complexity index is 2040. The van der Waals surface area contributed by atoms with Crippen molar-refractivity contribution in [1.29, 1.82) is 0 Å². The summed E-state index contributed by atoms with van der Waals surface area (Å²) in [4.78, 5) is 11.2. The number of carbonyl (C=O) groups is 1. The summed E-state index contributed by atoms with van der Waals surface area (Å²) < 4.78 is 0. The molecule has 1 N–H and O–H groups in total. The second-order valence-electron chi connectivity index (χ2n) is 15.7. The van der Waals surface area contributed by atoms with Crippen LogP contribution in [0.15, 0.2) is 114 Å². The standard InChI is InChI=1S/C46H48N2O2/c1-30-9-24-41(31(2)25-30)43-29-42(35-16-12-32(13-17-35)10-11-33-14-18-36(19-15-33)44(49)50)47-48(43)40-22-20-34(21-23-40)37-26-38(45(3,4)5)28-39(27-37)46(6,7)8/h9-28,43H,29H2,1-8H3,(H,49,50)/b11-10+. The normalized spacial score (nSPS) is 15.1. The zero-order valence-electron chi connectivity index (χ0n) is 30.6. The maximum absolute atomic E-state index is 11.2. The number of anilines is 1. The van der Waals surface area contributed by atoms with Gasteiger partial charge < -0.3 is 5.11 Å². The molecular formula is C46H48N2O2. The summed E-state index contributed by atoms with van der Waals surface area (Å²) in [5.41, 5.74) is 14.6. The molecule has 1 atom stereocenters. The van der Waals surface area contributed by atoms with E-state index in [0.717, 1.165) is 34.5 Å². The van der Waals surface area contributed by atoms with Crippen LogP contribution in [0.1, 0.15) is 109 Å². The van der Waals surface area contributed by atoms with E-state index < -0.39 is 5.97 Å². The van der Waals surface area contributed by atoms with Crippen molar-refractivity contribution >= 4 is 29.5 Å². The molecule has 0 bridgehead atoms. The van der Waals surface area contributed by atoms with Gasteiger partial charge in [0.15, 0.2) is 0 Å². The van der Waals surface area contributed by atoms with Gasteiger partial charge >= 0.3 is 5.97 Å². The van der Waals surface area contributed by atoms with Gasteiger partial charge in [-0.1, -0.05) is 144 Å². The van der Waals surface area contributed by atoms with Gasteiger partial charge in [0.2, 0.25) is 0 Å². The Morgan fingerprint density at radius 2 is 1.22 bits per heavy atom. The summed E-state index contributed by atoms with van der Waals surface area (Å²) in [5.74, 6) is -0.919. The summed E-state index contributed by atoms with van der Waals surface area (Å²) in [6.07, 6.45) is 4.85. The molecule has 5 aromatic carbocycles. The van der Waals surface area contributed by atoms with Crippen molar-refractivity contribution in [2.75, 3.05) is 5.01 Å². The highest BCUT2D eigenvalue weighted by Gasteiger charge is 2.31. The first kappa shape index (κ1) is 34.6. The predicted molar refractivity (Wildman–Crippen MR) is 210 cm³/mol. The average Bonchev–Trinajstić information content (AvgIpc) is 3.52. The molecule has 0 aliphatic carbocycles. The third-order valence-electron chi connectivity index (χ3n) is 9.69. The van der Waals surface area contributed by atoms with Gasteiger partial charge in [-0.05, 0) is 99.0 Å². The van der Waals surface area contributed by atoms with Crippen LogP contribution in [0.2, 0.25) is 0 Å². The molecule has 4 nitrogen and oxygen atoms in total. The van der Waals surface area contributed by atoms with Crippen LogP contribution in [0.25, 0.3) is 23.3 Å². The quantitative estimate of drug-likeness (QED) is 0.177. The molecule has 6 rings (SSSR count). The van der Waals surface area contributed by atoms with Crippen molar-refractivity contribution in [2.24, 2.45) is 5.10 Å². The number of aryl methyl sites for hydroxylation is 2. The van der Waals surface area contributed by atoms with Gasteiger partial charge in [0.05, 0.1) is 23.0 Å². The topological polar surface area (TPSA) is 52.9 Å². The Morgan fingerprint density at radius 3 is 1.74 bits per heavy atom. The lowest BCUT2D eigenvalue weighted by Gasteiger charge is -2.27. The Labute approximate surface area is 297 Å². The van der Waals surface area contributed by atoms with Crippen molar-refractivity contribution in [2.45, 2.75) is 78.7 Å². The summed E-state index contributed by atoms with van der Waals surface area (Å²) in [5, 5.41) is 16.7. The van der Waals surface area contributed by atoms with Crippen LogP contribution in [0.5, 0.6) is 0 Å². The number of carboxylic acids is 1. The lowest BCUT2D eigenvalue weighted by molar-refractivity contribution is 0.0697. The molecule has 1 unspecified atom stereocenters.